The average Bonchev–Trinajstić information content (AvgIpc) is 2.68. The molecule has 2 aromatic carbocycles. The Hall–Kier alpha value is -3.30. The fourth-order valence-electron chi connectivity index (χ4n) is 2.95. The Balaban J connectivity index is 1.92. The summed E-state index contributed by atoms with van der Waals surface area (Å²) in [6.07, 6.45) is -4.16. The molecule has 2 amide bonds. The summed E-state index contributed by atoms with van der Waals surface area (Å²) >= 11 is 0. The van der Waals surface area contributed by atoms with Gasteiger partial charge in [-0.15, -0.1) is 0 Å². The lowest BCUT2D eigenvalue weighted by Gasteiger charge is -2.23. The van der Waals surface area contributed by atoms with E-state index in [0.29, 0.717) is 19.0 Å². The second-order valence-electron chi connectivity index (χ2n) is 6.62. The molecule has 6 nitrogen and oxygen atoms in total. The van der Waals surface area contributed by atoms with E-state index in [1.54, 1.807) is 0 Å². The maximum absolute atomic E-state index is 14.2. The fraction of sp³-hybridized carbons (Fsp3) is 0.300. The Bertz CT molecular complexity index is 962. The van der Waals surface area contributed by atoms with Crippen molar-refractivity contribution < 1.29 is 36.6 Å². The molecule has 0 aromatic heterocycles. The van der Waals surface area contributed by atoms with Crippen LogP contribution < -0.4 is 20.1 Å². The quantitative estimate of drug-likeness (QED) is 0.716. The van der Waals surface area contributed by atoms with E-state index in [2.05, 4.69) is 10.6 Å². The van der Waals surface area contributed by atoms with Crippen LogP contribution in [0.4, 0.5) is 17.6 Å². The van der Waals surface area contributed by atoms with Crippen LogP contribution >= 0.6 is 0 Å². The molecule has 1 atom stereocenters. The molecule has 0 aliphatic carbocycles. The Morgan fingerprint density at radius 1 is 1.17 bits per heavy atom. The predicted molar refractivity (Wildman–Crippen MR) is 98.0 cm³/mol. The molecule has 0 spiro atoms. The highest BCUT2D eigenvalue weighted by atomic mass is 19.4. The van der Waals surface area contributed by atoms with E-state index in [1.165, 1.54) is 19.2 Å². The first kappa shape index (κ1) is 21.4. The zero-order valence-electron chi connectivity index (χ0n) is 15.8. The number of benzene rings is 2. The van der Waals surface area contributed by atoms with E-state index in [0.717, 1.165) is 18.2 Å². The molecule has 1 fully saturated rings. The summed E-state index contributed by atoms with van der Waals surface area (Å²) in [5.74, 6) is -2.49. The van der Waals surface area contributed by atoms with Gasteiger partial charge >= 0.3 is 6.18 Å². The van der Waals surface area contributed by atoms with Crippen molar-refractivity contribution in [3.05, 3.63) is 53.3 Å². The SMILES string of the molecule is COc1ccc(Oc2cc(C(F)(F)F)ccc2C(=O)NC2CCNC(=O)C2)c(F)c1. The summed E-state index contributed by atoms with van der Waals surface area (Å²) in [5.41, 5.74) is -1.27. The third-order valence-electron chi connectivity index (χ3n) is 4.49. The summed E-state index contributed by atoms with van der Waals surface area (Å²) < 4.78 is 63.9. The number of ether oxygens (including phenoxy) is 2. The molecule has 0 radical (unpaired) electrons. The Morgan fingerprint density at radius 3 is 2.57 bits per heavy atom. The minimum atomic E-state index is -4.69. The highest BCUT2D eigenvalue weighted by Crippen LogP contribution is 2.36. The standard InChI is InChI=1S/C20H18F4N2O4/c1-29-13-3-5-16(15(21)10-13)30-17-8-11(20(22,23)24)2-4-14(17)19(28)26-12-6-7-25-18(27)9-12/h2-5,8,10,12H,6-7,9H2,1H3,(H,25,27)(H,26,28). The number of carbonyl (C=O) groups is 2. The van der Waals surface area contributed by atoms with Gasteiger partial charge in [-0.2, -0.15) is 13.2 Å². The Kier molecular flexibility index (Phi) is 6.14. The molecular formula is C20H18F4N2O4. The van der Waals surface area contributed by atoms with Crippen molar-refractivity contribution >= 4 is 11.8 Å². The lowest BCUT2D eigenvalue weighted by Crippen LogP contribution is -2.45. The number of rotatable bonds is 5. The average molecular weight is 426 g/mol. The van der Waals surface area contributed by atoms with E-state index in [9.17, 15) is 27.2 Å². The van der Waals surface area contributed by atoms with Crippen molar-refractivity contribution in [2.24, 2.45) is 0 Å². The molecule has 160 valence electrons. The van der Waals surface area contributed by atoms with Gasteiger partial charge in [-0.05, 0) is 36.8 Å². The first-order valence-corrected chi connectivity index (χ1v) is 8.97. The number of piperidine rings is 1. The Labute approximate surface area is 169 Å². The van der Waals surface area contributed by atoms with Crippen LogP contribution in [0.25, 0.3) is 0 Å². The molecule has 1 aliphatic heterocycles. The summed E-state index contributed by atoms with van der Waals surface area (Å²) in [5, 5.41) is 5.22. The zero-order valence-corrected chi connectivity index (χ0v) is 15.8. The van der Waals surface area contributed by atoms with Crippen molar-refractivity contribution in [2.75, 3.05) is 13.7 Å². The van der Waals surface area contributed by atoms with Gasteiger partial charge in [-0.25, -0.2) is 4.39 Å². The first-order valence-electron chi connectivity index (χ1n) is 8.97. The van der Waals surface area contributed by atoms with Gasteiger partial charge in [0.25, 0.3) is 5.91 Å². The molecule has 1 heterocycles. The summed E-state index contributed by atoms with van der Waals surface area (Å²) in [6.45, 7) is 0.372. The molecule has 1 saturated heterocycles. The molecule has 1 aliphatic rings. The largest absolute Gasteiger partial charge is 0.497 e. The number of methoxy groups -OCH3 is 1. The minimum Gasteiger partial charge on any atom is -0.497 e. The van der Waals surface area contributed by atoms with Crippen LogP contribution in [0.3, 0.4) is 0 Å². The summed E-state index contributed by atoms with van der Waals surface area (Å²) in [4.78, 5) is 24.1. The fourth-order valence-corrected chi connectivity index (χ4v) is 2.95. The molecular weight excluding hydrogens is 408 g/mol. The van der Waals surface area contributed by atoms with E-state index >= 15 is 0 Å². The van der Waals surface area contributed by atoms with Crippen molar-refractivity contribution in [3.63, 3.8) is 0 Å². The number of carbonyl (C=O) groups excluding carboxylic acids is 2. The summed E-state index contributed by atoms with van der Waals surface area (Å²) in [6, 6.07) is 5.40. The number of hydrogen-bond acceptors (Lipinski definition) is 4. The Morgan fingerprint density at radius 2 is 1.93 bits per heavy atom. The first-order chi connectivity index (χ1) is 14.2. The zero-order chi connectivity index (χ0) is 21.9. The maximum Gasteiger partial charge on any atom is 0.416 e. The van der Waals surface area contributed by atoms with Gasteiger partial charge in [-0.1, -0.05) is 0 Å². The monoisotopic (exact) mass is 426 g/mol. The van der Waals surface area contributed by atoms with Crippen LogP contribution in [-0.2, 0) is 11.0 Å². The van der Waals surface area contributed by atoms with Crippen molar-refractivity contribution in [2.45, 2.75) is 25.1 Å². The topological polar surface area (TPSA) is 76.7 Å². The van der Waals surface area contributed by atoms with Gasteiger partial charge in [0.2, 0.25) is 5.91 Å². The molecule has 0 bridgehead atoms. The van der Waals surface area contributed by atoms with Crippen LogP contribution in [0, 0.1) is 5.82 Å². The predicted octanol–water partition coefficient (Wildman–Crippen LogP) is 3.65. The molecule has 2 aromatic rings. The third kappa shape index (κ3) is 5.00. The van der Waals surface area contributed by atoms with E-state index < -0.39 is 35.3 Å². The van der Waals surface area contributed by atoms with Crippen molar-refractivity contribution in [1.82, 2.24) is 10.6 Å². The van der Waals surface area contributed by atoms with Gasteiger partial charge in [0, 0.05) is 25.1 Å². The number of amides is 2. The van der Waals surface area contributed by atoms with Gasteiger partial charge in [0.15, 0.2) is 11.6 Å². The molecule has 3 rings (SSSR count). The number of halogens is 4. The second-order valence-corrected chi connectivity index (χ2v) is 6.62. The normalized spacial score (nSPS) is 16.6. The number of nitrogens with one attached hydrogen (secondary N) is 2. The van der Waals surface area contributed by atoms with E-state index in [1.807, 2.05) is 0 Å². The number of hydrogen-bond donors (Lipinski definition) is 2. The van der Waals surface area contributed by atoms with Crippen molar-refractivity contribution in [3.8, 4) is 17.2 Å². The molecule has 10 heteroatoms. The van der Waals surface area contributed by atoms with Gasteiger partial charge in [0.05, 0.1) is 18.2 Å². The van der Waals surface area contributed by atoms with Gasteiger partial charge < -0.3 is 20.1 Å². The molecule has 2 N–H and O–H groups in total. The molecule has 1 unspecified atom stereocenters. The van der Waals surface area contributed by atoms with E-state index in [4.69, 9.17) is 9.47 Å². The van der Waals surface area contributed by atoms with Crippen LogP contribution in [-0.4, -0.2) is 31.5 Å². The third-order valence-corrected chi connectivity index (χ3v) is 4.49. The van der Waals surface area contributed by atoms with Crippen LogP contribution in [0.2, 0.25) is 0 Å². The lowest BCUT2D eigenvalue weighted by atomic mass is 10.0. The van der Waals surface area contributed by atoms with E-state index in [-0.39, 0.29) is 29.4 Å². The van der Waals surface area contributed by atoms with Crippen molar-refractivity contribution in [1.29, 1.82) is 0 Å². The molecule has 30 heavy (non-hydrogen) atoms. The smallest absolute Gasteiger partial charge is 0.416 e. The number of alkyl halides is 3. The highest BCUT2D eigenvalue weighted by molar-refractivity contribution is 5.97. The summed E-state index contributed by atoms with van der Waals surface area (Å²) in [7, 11) is 1.33. The van der Waals surface area contributed by atoms with Gasteiger partial charge in [0.1, 0.15) is 11.5 Å². The van der Waals surface area contributed by atoms with Crippen LogP contribution in [0.1, 0.15) is 28.8 Å². The van der Waals surface area contributed by atoms with Gasteiger partial charge in [-0.3, -0.25) is 9.59 Å². The lowest BCUT2D eigenvalue weighted by molar-refractivity contribution is -0.137. The minimum absolute atomic E-state index is 0.0513. The second kappa shape index (κ2) is 8.60. The molecule has 0 saturated carbocycles. The van der Waals surface area contributed by atoms with Crippen LogP contribution in [0.5, 0.6) is 17.2 Å². The van der Waals surface area contributed by atoms with Crippen LogP contribution in [0.15, 0.2) is 36.4 Å². The highest BCUT2D eigenvalue weighted by Gasteiger charge is 2.32. The maximum atomic E-state index is 14.2.